The van der Waals surface area contributed by atoms with Crippen molar-refractivity contribution in [2.45, 2.75) is 60.8 Å². The molecule has 1 aromatic carbocycles. The lowest BCUT2D eigenvalue weighted by Gasteiger charge is -2.24. The van der Waals surface area contributed by atoms with Crippen molar-refractivity contribution in [2.75, 3.05) is 20.3 Å². The highest BCUT2D eigenvalue weighted by Crippen LogP contribution is 2.26. The molecule has 0 saturated heterocycles. The summed E-state index contributed by atoms with van der Waals surface area (Å²) in [6, 6.07) is 6.39. The Hall–Kier alpha value is -1.02. The van der Waals surface area contributed by atoms with E-state index in [0.29, 0.717) is 0 Å². The highest BCUT2D eigenvalue weighted by atomic mass is 16.5. The first-order valence-corrected chi connectivity index (χ1v) is 8.20. The van der Waals surface area contributed by atoms with Crippen molar-refractivity contribution in [1.29, 1.82) is 0 Å². The Bertz CT molecular complexity index is 383. The van der Waals surface area contributed by atoms with Crippen molar-refractivity contribution < 1.29 is 9.47 Å². The summed E-state index contributed by atoms with van der Waals surface area (Å²) in [5, 5.41) is 0. The molecule has 0 saturated carbocycles. The van der Waals surface area contributed by atoms with Crippen molar-refractivity contribution >= 4 is 0 Å². The lowest BCUT2D eigenvalue weighted by molar-refractivity contribution is 0.0650. The molecule has 1 rings (SSSR count). The lowest BCUT2D eigenvalue weighted by atomic mass is 9.87. The van der Waals surface area contributed by atoms with Crippen LogP contribution in [0.2, 0.25) is 0 Å². The van der Waals surface area contributed by atoms with Crippen LogP contribution in [0, 0.1) is 12.3 Å². The van der Waals surface area contributed by atoms with Gasteiger partial charge in [0.05, 0.1) is 13.7 Å². The van der Waals surface area contributed by atoms with Crippen LogP contribution in [0.4, 0.5) is 0 Å². The summed E-state index contributed by atoms with van der Waals surface area (Å²) >= 11 is 0. The molecule has 2 heteroatoms. The SMILES string of the molecule is CC.CCOCC(C)(C)CCCc1cc(C)ccc1OC. The van der Waals surface area contributed by atoms with Crippen LogP contribution in [0.3, 0.4) is 0 Å². The second-order valence-electron chi connectivity index (χ2n) is 5.97. The summed E-state index contributed by atoms with van der Waals surface area (Å²) in [6.07, 6.45) is 3.41. The number of ether oxygens (including phenoxy) is 2. The minimum absolute atomic E-state index is 0.257. The quantitative estimate of drug-likeness (QED) is 0.637. The minimum Gasteiger partial charge on any atom is -0.496 e. The average Bonchev–Trinajstić information content (AvgIpc) is 2.47. The van der Waals surface area contributed by atoms with E-state index in [1.54, 1.807) is 7.11 Å². The molecule has 0 aliphatic carbocycles. The molecule has 0 atom stereocenters. The zero-order valence-electron chi connectivity index (χ0n) is 15.1. The Kier molecular flexibility index (Phi) is 10.2. The van der Waals surface area contributed by atoms with E-state index in [0.717, 1.165) is 25.4 Å². The summed E-state index contributed by atoms with van der Waals surface area (Å²) in [4.78, 5) is 0. The molecular formula is C19H34O2. The highest BCUT2D eigenvalue weighted by molar-refractivity contribution is 5.36. The maximum absolute atomic E-state index is 5.54. The average molecular weight is 294 g/mol. The maximum Gasteiger partial charge on any atom is 0.122 e. The third kappa shape index (κ3) is 8.11. The lowest BCUT2D eigenvalue weighted by Crippen LogP contribution is -2.19. The van der Waals surface area contributed by atoms with Crippen molar-refractivity contribution in [2.24, 2.45) is 5.41 Å². The zero-order valence-corrected chi connectivity index (χ0v) is 15.1. The van der Waals surface area contributed by atoms with E-state index in [1.165, 1.54) is 24.0 Å². The van der Waals surface area contributed by atoms with Gasteiger partial charge >= 0.3 is 0 Å². The van der Waals surface area contributed by atoms with E-state index in [4.69, 9.17) is 9.47 Å². The molecule has 0 aliphatic rings. The van der Waals surface area contributed by atoms with Crippen LogP contribution < -0.4 is 4.74 Å². The first-order valence-electron chi connectivity index (χ1n) is 8.20. The van der Waals surface area contributed by atoms with Crippen molar-refractivity contribution in [3.63, 3.8) is 0 Å². The fourth-order valence-electron chi connectivity index (χ4n) is 2.31. The molecular weight excluding hydrogens is 260 g/mol. The molecule has 0 radical (unpaired) electrons. The summed E-state index contributed by atoms with van der Waals surface area (Å²) in [5.41, 5.74) is 2.87. The van der Waals surface area contributed by atoms with Crippen molar-refractivity contribution in [3.8, 4) is 5.75 Å². The standard InChI is InChI=1S/C17H28O2.C2H6/c1-6-19-13-17(3,4)11-7-8-15-12-14(2)9-10-16(15)18-5;1-2/h9-10,12H,6-8,11,13H2,1-5H3;1-2H3. The topological polar surface area (TPSA) is 18.5 Å². The Morgan fingerprint density at radius 1 is 1.14 bits per heavy atom. The highest BCUT2D eigenvalue weighted by Gasteiger charge is 2.17. The van der Waals surface area contributed by atoms with Gasteiger partial charge in [-0.3, -0.25) is 0 Å². The third-order valence-electron chi connectivity index (χ3n) is 3.43. The van der Waals surface area contributed by atoms with E-state index in [2.05, 4.69) is 39.0 Å². The monoisotopic (exact) mass is 294 g/mol. The van der Waals surface area contributed by atoms with E-state index in [1.807, 2.05) is 20.8 Å². The molecule has 0 N–H and O–H groups in total. The van der Waals surface area contributed by atoms with Gasteiger partial charge in [-0.1, -0.05) is 45.4 Å². The number of benzene rings is 1. The van der Waals surface area contributed by atoms with Crippen LogP contribution in [0.25, 0.3) is 0 Å². The summed E-state index contributed by atoms with van der Waals surface area (Å²) in [6.45, 7) is 14.4. The third-order valence-corrected chi connectivity index (χ3v) is 3.43. The van der Waals surface area contributed by atoms with E-state index >= 15 is 0 Å². The van der Waals surface area contributed by atoms with Crippen LogP contribution >= 0.6 is 0 Å². The predicted molar refractivity (Wildman–Crippen MR) is 92.3 cm³/mol. The van der Waals surface area contributed by atoms with E-state index in [9.17, 15) is 0 Å². The Morgan fingerprint density at radius 3 is 2.38 bits per heavy atom. The number of hydrogen-bond donors (Lipinski definition) is 0. The second-order valence-corrected chi connectivity index (χ2v) is 5.97. The van der Waals surface area contributed by atoms with Gasteiger partial charge in [-0.05, 0) is 50.2 Å². The molecule has 0 fully saturated rings. The molecule has 1 aromatic rings. The van der Waals surface area contributed by atoms with Crippen LogP contribution in [-0.2, 0) is 11.2 Å². The maximum atomic E-state index is 5.54. The second kappa shape index (κ2) is 10.7. The Labute approximate surface area is 131 Å². The van der Waals surface area contributed by atoms with Gasteiger partial charge < -0.3 is 9.47 Å². The zero-order chi connectivity index (χ0) is 16.3. The van der Waals surface area contributed by atoms with Crippen LogP contribution in [0.15, 0.2) is 18.2 Å². The van der Waals surface area contributed by atoms with Crippen LogP contribution in [0.1, 0.15) is 58.6 Å². The number of rotatable bonds is 8. The van der Waals surface area contributed by atoms with Crippen LogP contribution in [0.5, 0.6) is 5.75 Å². The molecule has 0 bridgehead atoms. The molecule has 2 nitrogen and oxygen atoms in total. The molecule has 0 spiro atoms. The van der Waals surface area contributed by atoms with E-state index < -0.39 is 0 Å². The van der Waals surface area contributed by atoms with Gasteiger partial charge in [-0.2, -0.15) is 0 Å². The largest absolute Gasteiger partial charge is 0.496 e. The van der Waals surface area contributed by atoms with Gasteiger partial charge in [0.1, 0.15) is 5.75 Å². The van der Waals surface area contributed by atoms with Crippen LogP contribution in [-0.4, -0.2) is 20.3 Å². The first kappa shape index (κ1) is 20.0. The van der Waals surface area contributed by atoms with Gasteiger partial charge in [0.2, 0.25) is 0 Å². The first-order chi connectivity index (χ1) is 9.98. The van der Waals surface area contributed by atoms with Gasteiger partial charge in [0, 0.05) is 6.61 Å². The molecule has 0 amide bonds. The van der Waals surface area contributed by atoms with Crippen molar-refractivity contribution in [3.05, 3.63) is 29.3 Å². The Morgan fingerprint density at radius 2 is 1.81 bits per heavy atom. The predicted octanol–water partition coefficient (Wildman–Crippen LogP) is 5.42. The summed E-state index contributed by atoms with van der Waals surface area (Å²) in [5.74, 6) is 1.01. The number of methoxy groups -OCH3 is 1. The molecule has 0 aromatic heterocycles. The van der Waals surface area contributed by atoms with Gasteiger partial charge in [-0.25, -0.2) is 0 Å². The number of hydrogen-bond acceptors (Lipinski definition) is 2. The minimum atomic E-state index is 0.257. The molecule has 0 heterocycles. The van der Waals surface area contributed by atoms with Crippen molar-refractivity contribution in [1.82, 2.24) is 0 Å². The van der Waals surface area contributed by atoms with E-state index in [-0.39, 0.29) is 5.41 Å². The summed E-state index contributed by atoms with van der Waals surface area (Å²) in [7, 11) is 1.74. The fourth-order valence-corrected chi connectivity index (χ4v) is 2.31. The molecule has 21 heavy (non-hydrogen) atoms. The normalized spacial score (nSPS) is 10.8. The van der Waals surface area contributed by atoms with Gasteiger partial charge in [-0.15, -0.1) is 0 Å². The summed E-state index contributed by atoms with van der Waals surface area (Å²) < 4.78 is 11.0. The number of aryl methyl sites for hydroxylation is 2. The van der Waals surface area contributed by atoms with Gasteiger partial charge in [0.15, 0.2) is 0 Å². The smallest absolute Gasteiger partial charge is 0.122 e. The fraction of sp³-hybridized carbons (Fsp3) is 0.684. The molecule has 122 valence electrons. The molecule has 0 aliphatic heterocycles. The Balaban J connectivity index is 0.00000191. The molecule has 0 unspecified atom stereocenters. The van der Waals surface area contributed by atoms with Gasteiger partial charge in [0.25, 0.3) is 0 Å².